The van der Waals surface area contributed by atoms with Gasteiger partial charge in [-0.1, -0.05) is 23.2 Å². The van der Waals surface area contributed by atoms with Crippen molar-refractivity contribution < 1.29 is 9.53 Å². The van der Waals surface area contributed by atoms with Crippen molar-refractivity contribution >= 4 is 29.3 Å². The third kappa shape index (κ3) is 2.25. The van der Waals surface area contributed by atoms with E-state index in [1.54, 1.807) is 0 Å². The van der Waals surface area contributed by atoms with Crippen molar-refractivity contribution in [3.8, 4) is 5.75 Å². The molecule has 2 N–H and O–H groups in total. The molecule has 0 aliphatic rings. The quantitative estimate of drug-likeness (QED) is 0.714. The smallest absolute Gasteiger partial charge is 0.407 e. The third-order valence-electron chi connectivity index (χ3n) is 0.984. The Morgan fingerprint density at radius 2 is 2.25 bits per heavy atom. The van der Waals surface area contributed by atoms with Crippen LogP contribution in [0.25, 0.3) is 0 Å². The Morgan fingerprint density at radius 1 is 1.58 bits per heavy atom. The highest BCUT2D eigenvalue weighted by Gasteiger charge is 2.06. The highest BCUT2D eigenvalue weighted by molar-refractivity contribution is 6.33. The van der Waals surface area contributed by atoms with Crippen LogP contribution < -0.4 is 10.5 Å². The van der Waals surface area contributed by atoms with E-state index in [-0.39, 0.29) is 10.9 Å². The molecule has 6 heteroatoms. The van der Waals surface area contributed by atoms with E-state index in [1.807, 2.05) is 0 Å². The number of carbonyl (C=O) groups is 1. The van der Waals surface area contributed by atoms with Crippen LogP contribution >= 0.6 is 23.2 Å². The molecule has 0 radical (unpaired) electrons. The standard InChI is InChI=1S/C6H4Cl2N2O2/c7-3-1-4(12-6(9)11)5(8)10-2-3/h1-2H,(H2,9,11). The molecule has 1 heterocycles. The largest absolute Gasteiger partial charge is 0.410 e. The predicted octanol–water partition coefficient (Wildman–Crippen LogP) is 1.85. The van der Waals surface area contributed by atoms with E-state index in [4.69, 9.17) is 28.9 Å². The lowest BCUT2D eigenvalue weighted by atomic mass is 10.5. The fourth-order valence-corrected chi connectivity index (χ4v) is 0.874. The molecule has 4 nitrogen and oxygen atoms in total. The van der Waals surface area contributed by atoms with Crippen molar-refractivity contribution in [2.45, 2.75) is 0 Å². The fourth-order valence-electron chi connectivity index (χ4n) is 0.584. The highest BCUT2D eigenvalue weighted by Crippen LogP contribution is 2.24. The van der Waals surface area contributed by atoms with Gasteiger partial charge in [0, 0.05) is 12.3 Å². The number of carbonyl (C=O) groups excluding carboxylic acids is 1. The van der Waals surface area contributed by atoms with Gasteiger partial charge in [-0.2, -0.15) is 0 Å². The molecule has 0 aromatic carbocycles. The summed E-state index contributed by atoms with van der Waals surface area (Å²) in [4.78, 5) is 13.9. The lowest BCUT2D eigenvalue weighted by Gasteiger charge is -2.01. The SMILES string of the molecule is NC(=O)Oc1cc(Cl)cnc1Cl. The number of rotatable bonds is 1. The minimum Gasteiger partial charge on any atom is -0.407 e. The first-order valence-corrected chi connectivity index (χ1v) is 3.63. The summed E-state index contributed by atoms with van der Waals surface area (Å²) in [6, 6.07) is 1.35. The number of primary amides is 1. The van der Waals surface area contributed by atoms with Crippen LogP contribution in [0.1, 0.15) is 0 Å². The number of aromatic nitrogens is 1. The molecule has 0 unspecified atom stereocenters. The normalized spacial score (nSPS) is 9.50. The molecular weight excluding hydrogens is 203 g/mol. The van der Waals surface area contributed by atoms with E-state index >= 15 is 0 Å². The van der Waals surface area contributed by atoms with Crippen LogP contribution in [0.2, 0.25) is 10.2 Å². The topological polar surface area (TPSA) is 65.2 Å². The molecule has 1 amide bonds. The zero-order valence-electron chi connectivity index (χ0n) is 5.75. The van der Waals surface area contributed by atoms with E-state index in [0.29, 0.717) is 5.02 Å². The van der Waals surface area contributed by atoms with Crippen LogP contribution in [0.3, 0.4) is 0 Å². The molecule has 1 aromatic rings. The molecule has 1 rings (SSSR count). The number of ether oxygens (including phenoxy) is 1. The summed E-state index contributed by atoms with van der Waals surface area (Å²) >= 11 is 11.1. The van der Waals surface area contributed by atoms with E-state index in [0.717, 1.165) is 0 Å². The average molecular weight is 207 g/mol. The minimum atomic E-state index is -0.957. The van der Waals surface area contributed by atoms with Gasteiger partial charge in [0.25, 0.3) is 0 Å². The van der Waals surface area contributed by atoms with Gasteiger partial charge < -0.3 is 10.5 Å². The average Bonchev–Trinajstić information content (AvgIpc) is 1.96. The van der Waals surface area contributed by atoms with Crippen molar-refractivity contribution in [1.82, 2.24) is 4.98 Å². The molecular formula is C6H4Cl2N2O2. The summed E-state index contributed by atoms with van der Waals surface area (Å²) in [5, 5.41) is 0.355. The van der Waals surface area contributed by atoms with Gasteiger partial charge in [-0.15, -0.1) is 0 Å². The molecule has 64 valence electrons. The van der Waals surface area contributed by atoms with Crippen LogP contribution in [-0.2, 0) is 0 Å². The van der Waals surface area contributed by atoms with Gasteiger partial charge in [0.05, 0.1) is 5.02 Å². The van der Waals surface area contributed by atoms with Crippen LogP contribution in [0.5, 0.6) is 5.75 Å². The molecule has 0 saturated heterocycles. The Kier molecular flexibility index (Phi) is 2.73. The summed E-state index contributed by atoms with van der Waals surface area (Å²) in [6.45, 7) is 0. The molecule has 0 spiro atoms. The first-order valence-electron chi connectivity index (χ1n) is 2.88. The molecule has 0 aliphatic carbocycles. The fraction of sp³-hybridized carbons (Fsp3) is 0. The van der Waals surface area contributed by atoms with Crippen LogP contribution in [0.15, 0.2) is 12.3 Å². The Hall–Kier alpha value is -1.00. The zero-order chi connectivity index (χ0) is 9.14. The Balaban J connectivity index is 2.97. The molecule has 0 fully saturated rings. The number of halogens is 2. The summed E-state index contributed by atoms with van der Waals surface area (Å²) in [5.74, 6) is 0.0525. The lowest BCUT2D eigenvalue weighted by Crippen LogP contribution is -2.16. The molecule has 0 atom stereocenters. The number of nitrogens with zero attached hydrogens (tertiary/aromatic N) is 1. The van der Waals surface area contributed by atoms with Crippen LogP contribution in [0.4, 0.5) is 4.79 Å². The first kappa shape index (κ1) is 9.09. The van der Waals surface area contributed by atoms with Crippen molar-refractivity contribution in [1.29, 1.82) is 0 Å². The Bertz CT molecular complexity index is 316. The van der Waals surface area contributed by atoms with Gasteiger partial charge >= 0.3 is 6.09 Å². The Morgan fingerprint density at radius 3 is 2.83 bits per heavy atom. The van der Waals surface area contributed by atoms with Crippen molar-refractivity contribution in [2.24, 2.45) is 5.73 Å². The molecule has 1 aromatic heterocycles. The van der Waals surface area contributed by atoms with E-state index in [9.17, 15) is 4.79 Å². The maximum atomic E-state index is 10.3. The lowest BCUT2D eigenvalue weighted by molar-refractivity contribution is 0.210. The maximum Gasteiger partial charge on any atom is 0.410 e. The maximum absolute atomic E-state index is 10.3. The van der Waals surface area contributed by atoms with Crippen molar-refractivity contribution in [2.75, 3.05) is 0 Å². The number of nitrogens with two attached hydrogens (primary N) is 1. The van der Waals surface area contributed by atoms with E-state index in [2.05, 4.69) is 9.72 Å². The van der Waals surface area contributed by atoms with Crippen LogP contribution in [0, 0.1) is 0 Å². The van der Waals surface area contributed by atoms with E-state index in [1.165, 1.54) is 12.3 Å². The molecule has 0 aliphatic heterocycles. The summed E-state index contributed by atoms with van der Waals surface area (Å²) in [5.41, 5.74) is 4.75. The zero-order valence-corrected chi connectivity index (χ0v) is 7.26. The summed E-state index contributed by atoms with van der Waals surface area (Å²) < 4.78 is 4.49. The highest BCUT2D eigenvalue weighted by atomic mass is 35.5. The first-order chi connectivity index (χ1) is 5.59. The van der Waals surface area contributed by atoms with Gasteiger partial charge in [0.2, 0.25) is 0 Å². The van der Waals surface area contributed by atoms with Gasteiger partial charge in [0.1, 0.15) is 0 Å². The predicted molar refractivity (Wildman–Crippen MR) is 44.5 cm³/mol. The third-order valence-corrected chi connectivity index (χ3v) is 1.47. The minimum absolute atomic E-state index is 0.0400. The van der Waals surface area contributed by atoms with E-state index < -0.39 is 6.09 Å². The second kappa shape index (κ2) is 3.60. The molecule has 0 saturated carbocycles. The summed E-state index contributed by atoms with van der Waals surface area (Å²) in [6.07, 6.45) is 0.374. The molecule has 12 heavy (non-hydrogen) atoms. The van der Waals surface area contributed by atoms with Crippen molar-refractivity contribution in [3.63, 3.8) is 0 Å². The van der Waals surface area contributed by atoms with Gasteiger partial charge in [-0.25, -0.2) is 9.78 Å². The number of hydrogen-bond donors (Lipinski definition) is 1. The second-order valence-electron chi connectivity index (χ2n) is 1.86. The summed E-state index contributed by atoms with van der Waals surface area (Å²) in [7, 11) is 0. The van der Waals surface area contributed by atoms with Crippen LogP contribution in [-0.4, -0.2) is 11.1 Å². The Labute approximate surface area is 78.2 Å². The number of amides is 1. The number of hydrogen-bond acceptors (Lipinski definition) is 3. The van der Waals surface area contributed by atoms with Gasteiger partial charge in [0.15, 0.2) is 10.9 Å². The monoisotopic (exact) mass is 206 g/mol. The van der Waals surface area contributed by atoms with Gasteiger partial charge in [-0.3, -0.25) is 0 Å². The van der Waals surface area contributed by atoms with Crippen molar-refractivity contribution in [3.05, 3.63) is 22.4 Å². The molecule has 0 bridgehead atoms. The second-order valence-corrected chi connectivity index (χ2v) is 2.66. The van der Waals surface area contributed by atoms with Gasteiger partial charge in [-0.05, 0) is 0 Å². The number of pyridine rings is 1.